The fourth-order valence-electron chi connectivity index (χ4n) is 4.29. The van der Waals surface area contributed by atoms with Gasteiger partial charge in [-0.25, -0.2) is 0 Å². The molecule has 1 aliphatic rings. The van der Waals surface area contributed by atoms with Crippen molar-refractivity contribution in [1.29, 1.82) is 0 Å². The minimum absolute atomic E-state index is 0.0995. The van der Waals surface area contributed by atoms with E-state index in [0.717, 1.165) is 30.4 Å². The summed E-state index contributed by atoms with van der Waals surface area (Å²) in [6.45, 7) is 4.37. The van der Waals surface area contributed by atoms with Gasteiger partial charge in [-0.05, 0) is 68.5 Å². The van der Waals surface area contributed by atoms with E-state index in [-0.39, 0.29) is 6.04 Å². The average molecular weight is 372 g/mol. The van der Waals surface area contributed by atoms with Crippen LogP contribution >= 0.6 is 0 Å². The SMILES string of the molecule is CC(C)n1ccc2cc(-c3nc(-c4cccc5c4CCCC5N)no3)ccc21. The lowest BCUT2D eigenvalue weighted by atomic mass is 9.85. The Kier molecular flexibility index (Phi) is 4.05. The normalized spacial score (nSPS) is 16.6. The summed E-state index contributed by atoms with van der Waals surface area (Å²) in [6, 6.07) is 15.2. The van der Waals surface area contributed by atoms with Crippen LogP contribution in [-0.4, -0.2) is 14.7 Å². The summed E-state index contributed by atoms with van der Waals surface area (Å²) in [4.78, 5) is 4.71. The summed E-state index contributed by atoms with van der Waals surface area (Å²) in [5.41, 5.74) is 12.0. The summed E-state index contributed by atoms with van der Waals surface area (Å²) >= 11 is 0. The van der Waals surface area contributed by atoms with Gasteiger partial charge in [-0.3, -0.25) is 0 Å². The third kappa shape index (κ3) is 2.74. The summed E-state index contributed by atoms with van der Waals surface area (Å²) in [6.07, 6.45) is 5.26. The van der Waals surface area contributed by atoms with Crippen LogP contribution in [0.3, 0.4) is 0 Å². The molecule has 0 bridgehead atoms. The number of fused-ring (bicyclic) bond motifs is 2. The fourth-order valence-corrected chi connectivity index (χ4v) is 4.29. The van der Waals surface area contributed by atoms with E-state index in [4.69, 9.17) is 15.2 Å². The molecule has 2 aromatic heterocycles. The molecule has 1 aliphatic carbocycles. The summed E-state index contributed by atoms with van der Waals surface area (Å²) in [7, 11) is 0. The zero-order valence-corrected chi connectivity index (χ0v) is 16.2. The molecule has 0 saturated heterocycles. The Labute approximate surface area is 164 Å². The second kappa shape index (κ2) is 6.60. The van der Waals surface area contributed by atoms with Crippen LogP contribution in [0, 0.1) is 0 Å². The highest BCUT2D eigenvalue weighted by atomic mass is 16.5. The molecule has 2 N–H and O–H groups in total. The second-order valence-electron chi connectivity index (χ2n) is 7.89. The number of nitrogens with two attached hydrogens (primary N) is 1. The van der Waals surface area contributed by atoms with Gasteiger partial charge in [0, 0.05) is 40.3 Å². The van der Waals surface area contributed by atoms with Gasteiger partial charge >= 0.3 is 0 Å². The van der Waals surface area contributed by atoms with Gasteiger partial charge in [-0.2, -0.15) is 4.98 Å². The van der Waals surface area contributed by atoms with Gasteiger partial charge < -0.3 is 14.8 Å². The lowest BCUT2D eigenvalue weighted by molar-refractivity contribution is 0.432. The third-order valence-corrected chi connectivity index (χ3v) is 5.74. The van der Waals surface area contributed by atoms with Crippen molar-refractivity contribution in [2.45, 2.75) is 45.2 Å². The van der Waals surface area contributed by atoms with Crippen LogP contribution in [0.2, 0.25) is 0 Å². The number of hydrogen-bond donors (Lipinski definition) is 1. The molecular weight excluding hydrogens is 348 g/mol. The third-order valence-electron chi connectivity index (χ3n) is 5.74. The molecule has 1 atom stereocenters. The number of benzene rings is 2. The van der Waals surface area contributed by atoms with Gasteiger partial charge in [-0.1, -0.05) is 23.4 Å². The number of nitrogens with zero attached hydrogens (tertiary/aromatic N) is 3. The summed E-state index contributed by atoms with van der Waals surface area (Å²) in [5.74, 6) is 1.19. The minimum atomic E-state index is 0.0995. The Bertz CT molecular complexity index is 1150. The van der Waals surface area contributed by atoms with Crippen LogP contribution in [0.1, 0.15) is 49.9 Å². The van der Waals surface area contributed by atoms with Crippen molar-refractivity contribution < 1.29 is 4.52 Å². The monoisotopic (exact) mass is 372 g/mol. The van der Waals surface area contributed by atoms with Crippen molar-refractivity contribution in [2.24, 2.45) is 5.73 Å². The van der Waals surface area contributed by atoms with Crippen molar-refractivity contribution in [3.8, 4) is 22.8 Å². The standard InChI is InChI=1S/C23H24N4O/c1-14(2)27-12-11-15-13-16(9-10-21(15)27)23-25-22(26-28-23)19-7-3-6-18-17(19)5-4-8-20(18)24/h3,6-7,9-14,20H,4-5,8,24H2,1-2H3. The van der Waals surface area contributed by atoms with Gasteiger partial charge in [-0.15, -0.1) is 0 Å². The molecule has 4 aromatic rings. The van der Waals surface area contributed by atoms with Crippen LogP contribution in [-0.2, 0) is 6.42 Å². The second-order valence-corrected chi connectivity index (χ2v) is 7.89. The predicted molar refractivity (Wildman–Crippen MR) is 111 cm³/mol. The molecule has 0 saturated carbocycles. The molecule has 0 aliphatic heterocycles. The van der Waals surface area contributed by atoms with Gasteiger partial charge in [0.05, 0.1) is 0 Å². The first-order valence-electron chi connectivity index (χ1n) is 9.94. The summed E-state index contributed by atoms with van der Waals surface area (Å²) < 4.78 is 7.89. The molecule has 142 valence electrons. The highest BCUT2D eigenvalue weighted by molar-refractivity contribution is 5.84. The van der Waals surface area contributed by atoms with Crippen LogP contribution < -0.4 is 5.73 Å². The van der Waals surface area contributed by atoms with E-state index in [0.29, 0.717) is 17.8 Å². The van der Waals surface area contributed by atoms with E-state index in [1.165, 1.54) is 22.0 Å². The highest BCUT2D eigenvalue weighted by Gasteiger charge is 2.22. The zero-order chi connectivity index (χ0) is 19.3. The fraction of sp³-hybridized carbons (Fsp3) is 0.304. The molecule has 2 heterocycles. The molecule has 5 nitrogen and oxygen atoms in total. The first-order valence-corrected chi connectivity index (χ1v) is 9.94. The molecular formula is C23H24N4O. The van der Waals surface area contributed by atoms with Crippen LogP contribution in [0.4, 0.5) is 0 Å². The van der Waals surface area contributed by atoms with Crippen molar-refractivity contribution in [3.63, 3.8) is 0 Å². The Morgan fingerprint density at radius 2 is 2.07 bits per heavy atom. The first-order chi connectivity index (χ1) is 13.6. The first kappa shape index (κ1) is 17.2. The van der Waals surface area contributed by atoms with Gasteiger partial charge in [0.25, 0.3) is 5.89 Å². The van der Waals surface area contributed by atoms with E-state index in [1.807, 2.05) is 6.07 Å². The molecule has 0 radical (unpaired) electrons. The highest BCUT2D eigenvalue weighted by Crippen LogP contribution is 2.35. The molecule has 5 rings (SSSR count). The molecule has 0 fully saturated rings. The van der Waals surface area contributed by atoms with E-state index < -0.39 is 0 Å². The van der Waals surface area contributed by atoms with E-state index in [2.05, 4.69) is 66.2 Å². The van der Waals surface area contributed by atoms with Crippen LogP contribution in [0.5, 0.6) is 0 Å². The van der Waals surface area contributed by atoms with Crippen molar-refractivity contribution in [2.75, 3.05) is 0 Å². The van der Waals surface area contributed by atoms with E-state index in [9.17, 15) is 0 Å². The average Bonchev–Trinajstić information content (AvgIpc) is 3.35. The quantitative estimate of drug-likeness (QED) is 0.531. The Balaban J connectivity index is 1.54. The number of aromatic nitrogens is 3. The van der Waals surface area contributed by atoms with Gasteiger partial charge in [0.2, 0.25) is 5.82 Å². The summed E-state index contributed by atoms with van der Waals surface area (Å²) in [5, 5.41) is 5.45. The Hall–Kier alpha value is -2.92. The molecule has 2 aromatic carbocycles. The minimum Gasteiger partial charge on any atom is -0.345 e. The Morgan fingerprint density at radius 3 is 2.93 bits per heavy atom. The topological polar surface area (TPSA) is 69.9 Å². The van der Waals surface area contributed by atoms with Crippen molar-refractivity contribution in [3.05, 3.63) is 59.8 Å². The largest absolute Gasteiger partial charge is 0.345 e. The van der Waals surface area contributed by atoms with Crippen molar-refractivity contribution in [1.82, 2.24) is 14.7 Å². The Morgan fingerprint density at radius 1 is 1.18 bits per heavy atom. The number of hydrogen-bond acceptors (Lipinski definition) is 4. The molecule has 5 heteroatoms. The lowest BCUT2D eigenvalue weighted by Crippen LogP contribution is -2.18. The van der Waals surface area contributed by atoms with Crippen LogP contribution in [0.25, 0.3) is 33.7 Å². The molecule has 28 heavy (non-hydrogen) atoms. The molecule has 0 spiro atoms. The zero-order valence-electron chi connectivity index (χ0n) is 16.2. The predicted octanol–water partition coefficient (Wildman–Crippen LogP) is 5.28. The van der Waals surface area contributed by atoms with E-state index >= 15 is 0 Å². The number of rotatable bonds is 3. The maximum Gasteiger partial charge on any atom is 0.258 e. The lowest BCUT2D eigenvalue weighted by Gasteiger charge is -2.23. The maximum atomic E-state index is 6.30. The van der Waals surface area contributed by atoms with Gasteiger partial charge in [0.1, 0.15) is 0 Å². The molecule has 1 unspecified atom stereocenters. The van der Waals surface area contributed by atoms with Gasteiger partial charge in [0.15, 0.2) is 0 Å². The molecule has 0 amide bonds. The maximum absolute atomic E-state index is 6.30. The van der Waals surface area contributed by atoms with E-state index in [1.54, 1.807) is 0 Å². The van der Waals surface area contributed by atoms with Crippen molar-refractivity contribution >= 4 is 10.9 Å². The van der Waals surface area contributed by atoms with Crippen LogP contribution in [0.15, 0.2) is 53.2 Å². The smallest absolute Gasteiger partial charge is 0.258 e.